The Kier molecular flexibility index (Phi) is 8.15. The Morgan fingerprint density at radius 1 is 1.18 bits per heavy atom. The molecule has 226 valence electrons. The van der Waals surface area contributed by atoms with Crippen LogP contribution in [0.4, 0.5) is 13.2 Å². The quantitative estimate of drug-likeness (QED) is 0.436. The molecule has 1 saturated carbocycles. The Bertz CT molecular complexity index is 1020. The Hall–Kier alpha value is -1.05. The van der Waals surface area contributed by atoms with E-state index in [2.05, 4.69) is 51.2 Å². The first-order valence-corrected chi connectivity index (χ1v) is 16.1. The molecule has 6 rings (SSSR count). The summed E-state index contributed by atoms with van der Waals surface area (Å²) in [5.74, 6) is 1.56. The van der Waals surface area contributed by atoms with Crippen LogP contribution in [-0.4, -0.2) is 81.6 Å². The van der Waals surface area contributed by atoms with Gasteiger partial charge in [-0.1, -0.05) is 11.9 Å². The zero-order valence-corrected chi connectivity index (χ0v) is 24.9. The Balaban J connectivity index is 1.12. The van der Waals surface area contributed by atoms with Gasteiger partial charge in [0.2, 0.25) is 5.88 Å². The maximum Gasteiger partial charge on any atom is 0.394 e. The summed E-state index contributed by atoms with van der Waals surface area (Å²) in [6.07, 6.45) is 4.10. The van der Waals surface area contributed by atoms with Gasteiger partial charge in [0.15, 0.2) is 0 Å². The van der Waals surface area contributed by atoms with Crippen LogP contribution in [0.1, 0.15) is 78.3 Å². The zero-order valence-electron chi connectivity index (χ0n) is 24.1. The summed E-state index contributed by atoms with van der Waals surface area (Å²) in [6, 6.07) is 2.24. The molecule has 0 spiro atoms. The van der Waals surface area contributed by atoms with Crippen molar-refractivity contribution in [2.24, 2.45) is 17.3 Å². The third-order valence-corrected chi connectivity index (χ3v) is 11.3. The van der Waals surface area contributed by atoms with Gasteiger partial charge in [0.1, 0.15) is 6.17 Å². The van der Waals surface area contributed by atoms with E-state index in [1.807, 2.05) is 22.8 Å². The number of nitrogens with zero attached hydrogens (tertiary/aromatic N) is 4. The first-order chi connectivity index (χ1) is 19.0. The standard InChI is InChI=1S/C28H46F3N7OS/c1-19-22-18-36(34-19)12-4-5-20-15-26(2,3)37(17-20)25-21(16-32-40-22)6-7-23(33-25)38-13-8-24(35-38)39-14-11-27(9-10-27)28(29,30)31/h8,13,19-23,25,32-34H,4-7,9-12,14-18H2,1-3H3/t19?,20-,21?,22?,23?,25?/m0/s1. The number of nitrogens with one attached hydrogen (secondary N) is 3. The molecule has 12 heteroatoms. The predicted octanol–water partition coefficient (Wildman–Crippen LogP) is 4.53. The summed E-state index contributed by atoms with van der Waals surface area (Å²) in [5.41, 5.74) is 2.24. The summed E-state index contributed by atoms with van der Waals surface area (Å²) < 4.78 is 51.2. The number of aromatic nitrogens is 2. The predicted molar refractivity (Wildman–Crippen MR) is 150 cm³/mol. The Morgan fingerprint density at radius 2 is 2.00 bits per heavy atom. The lowest BCUT2D eigenvalue weighted by Crippen LogP contribution is -2.60. The summed E-state index contributed by atoms with van der Waals surface area (Å²) in [7, 11) is 0. The van der Waals surface area contributed by atoms with Gasteiger partial charge in [-0.2, -0.15) is 13.2 Å². The molecule has 4 bridgehead atoms. The maximum atomic E-state index is 13.3. The number of fused-ring (bicyclic) bond motifs is 6. The van der Waals surface area contributed by atoms with E-state index in [-0.39, 0.29) is 43.7 Å². The molecule has 0 amide bonds. The fourth-order valence-corrected chi connectivity index (χ4v) is 8.53. The summed E-state index contributed by atoms with van der Waals surface area (Å²) in [6.45, 7) is 11.3. The van der Waals surface area contributed by atoms with Gasteiger partial charge in [-0.25, -0.2) is 5.01 Å². The van der Waals surface area contributed by atoms with E-state index in [4.69, 9.17) is 4.74 Å². The van der Waals surface area contributed by atoms with Gasteiger partial charge in [0.25, 0.3) is 0 Å². The summed E-state index contributed by atoms with van der Waals surface area (Å²) in [5, 5.41) is 11.5. The second-order valence-corrected chi connectivity index (χ2v) is 14.7. The molecular weight excluding hydrogens is 539 g/mol. The van der Waals surface area contributed by atoms with E-state index in [9.17, 15) is 13.2 Å². The van der Waals surface area contributed by atoms with Crippen molar-refractivity contribution >= 4 is 11.9 Å². The van der Waals surface area contributed by atoms with Crippen LogP contribution in [0.15, 0.2) is 12.3 Å². The Morgan fingerprint density at radius 3 is 2.77 bits per heavy atom. The fourth-order valence-electron chi connectivity index (χ4n) is 7.49. The number of ether oxygens (including phenoxy) is 1. The maximum absolute atomic E-state index is 13.3. The molecule has 5 fully saturated rings. The highest BCUT2D eigenvalue weighted by Gasteiger charge is 2.62. The third-order valence-electron chi connectivity index (χ3n) is 10.1. The summed E-state index contributed by atoms with van der Waals surface area (Å²) in [4.78, 5) is 2.70. The highest BCUT2D eigenvalue weighted by Crippen LogP contribution is 2.59. The van der Waals surface area contributed by atoms with Crippen molar-refractivity contribution in [3.8, 4) is 5.88 Å². The lowest BCUT2D eigenvalue weighted by atomic mass is 9.90. The highest BCUT2D eigenvalue weighted by atomic mass is 32.2. The van der Waals surface area contributed by atoms with E-state index >= 15 is 0 Å². The molecule has 7 unspecified atom stereocenters. The minimum atomic E-state index is -4.15. The van der Waals surface area contributed by atoms with Crippen molar-refractivity contribution in [3.05, 3.63) is 12.3 Å². The molecule has 1 aromatic heterocycles. The van der Waals surface area contributed by atoms with E-state index in [1.54, 1.807) is 6.07 Å². The van der Waals surface area contributed by atoms with E-state index in [0.29, 0.717) is 29.0 Å². The highest BCUT2D eigenvalue weighted by molar-refractivity contribution is 7.98. The Labute approximate surface area is 240 Å². The monoisotopic (exact) mass is 585 g/mol. The van der Waals surface area contributed by atoms with Crippen LogP contribution in [0, 0.1) is 17.3 Å². The topological polar surface area (TPSA) is 69.6 Å². The number of piperidine rings is 1. The van der Waals surface area contributed by atoms with Crippen LogP contribution in [0.5, 0.6) is 5.88 Å². The normalized spacial score (nSPS) is 39.4. The molecule has 40 heavy (non-hydrogen) atoms. The van der Waals surface area contributed by atoms with E-state index in [0.717, 1.165) is 39.0 Å². The minimum absolute atomic E-state index is 0.00125. The van der Waals surface area contributed by atoms with Crippen LogP contribution in [0.25, 0.3) is 0 Å². The van der Waals surface area contributed by atoms with Crippen LogP contribution < -0.4 is 20.2 Å². The average Bonchev–Trinajstić information content (AvgIpc) is 3.25. The van der Waals surface area contributed by atoms with E-state index in [1.165, 1.54) is 19.3 Å². The number of hydrogen-bond acceptors (Lipinski definition) is 8. The van der Waals surface area contributed by atoms with Crippen molar-refractivity contribution in [2.45, 2.75) is 107 Å². The van der Waals surface area contributed by atoms with Gasteiger partial charge in [-0.3, -0.25) is 25.0 Å². The molecule has 1 aromatic rings. The van der Waals surface area contributed by atoms with Gasteiger partial charge in [-0.05, 0) is 78.1 Å². The smallest absolute Gasteiger partial charge is 0.394 e. The first kappa shape index (κ1) is 29.0. The number of halogens is 3. The van der Waals surface area contributed by atoms with Gasteiger partial charge in [0.05, 0.1) is 18.2 Å². The van der Waals surface area contributed by atoms with Crippen molar-refractivity contribution in [1.82, 2.24) is 35.2 Å². The minimum Gasteiger partial charge on any atom is -0.477 e. The van der Waals surface area contributed by atoms with Crippen molar-refractivity contribution in [3.63, 3.8) is 0 Å². The van der Waals surface area contributed by atoms with Crippen LogP contribution in [0.2, 0.25) is 0 Å². The molecule has 4 saturated heterocycles. The van der Waals surface area contributed by atoms with Crippen molar-refractivity contribution < 1.29 is 17.9 Å². The number of rotatable bonds is 5. The molecule has 5 heterocycles. The van der Waals surface area contributed by atoms with E-state index < -0.39 is 11.6 Å². The second-order valence-electron chi connectivity index (χ2n) is 13.5. The fraction of sp³-hybridized carbons (Fsp3) is 0.893. The average molecular weight is 586 g/mol. The molecule has 3 N–H and O–H groups in total. The molecular formula is C28H46F3N7OS. The molecule has 1 aliphatic carbocycles. The van der Waals surface area contributed by atoms with Gasteiger partial charge >= 0.3 is 6.18 Å². The summed E-state index contributed by atoms with van der Waals surface area (Å²) >= 11 is 1.88. The molecule has 8 atom stereocenters. The largest absolute Gasteiger partial charge is 0.477 e. The third kappa shape index (κ3) is 6.04. The molecule has 8 nitrogen and oxygen atoms in total. The second kappa shape index (κ2) is 11.2. The van der Waals surface area contributed by atoms with Crippen molar-refractivity contribution in [2.75, 3.05) is 32.8 Å². The number of alkyl halides is 3. The van der Waals surface area contributed by atoms with Gasteiger partial charge in [0, 0.05) is 61.2 Å². The lowest BCUT2D eigenvalue weighted by molar-refractivity contribution is -0.190. The molecule has 5 aliphatic rings. The molecule has 4 aliphatic heterocycles. The zero-order chi connectivity index (χ0) is 28.1. The van der Waals surface area contributed by atoms with Crippen LogP contribution >= 0.6 is 11.9 Å². The SMILES string of the molecule is CC1NN2CCC[C@@H]3CN(C4NC(n5ccc(OCCC6(C(F)(F)F)CC6)n5)CCC4CNSC1C2)C(C)(C)C3. The number of hydrazine groups is 1. The van der Waals surface area contributed by atoms with Crippen molar-refractivity contribution in [1.29, 1.82) is 0 Å². The lowest BCUT2D eigenvalue weighted by Gasteiger charge is -2.47. The number of hydrogen-bond donors (Lipinski definition) is 3. The first-order valence-electron chi connectivity index (χ1n) is 15.2. The van der Waals surface area contributed by atoms with Gasteiger partial charge in [-0.15, -0.1) is 5.10 Å². The molecule has 0 radical (unpaired) electrons. The van der Waals surface area contributed by atoms with Crippen LogP contribution in [-0.2, 0) is 0 Å². The van der Waals surface area contributed by atoms with Crippen LogP contribution in [0.3, 0.4) is 0 Å². The molecule has 0 aromatic carbocycles. The van der Waals surface area contributed by atoms with Gasteiger partial charge < -0.3 is 4.74 Å².